The van der Waals surface area contributed by atoms with Crippen LogP contribution >= 0.6 is 11.3 Å². The van der Waals surface area contributed by atoms with Crippen LogP contribution in [-0.4, -0.2) is 22.0 Å². The number of rotatable bonds is 7. The van der Waals surface area contributed by atoms with Gasteiger partial charge in [-0.25, -0.2) is 9.78 Å². The van der Waals surface area contributed by atoms with Crippen LogP contribution in [0, 0.1) is 0 Å². The van der Waals surface area contributed by atoms with Gasteiger partial charge < -0.3 is 11.8 Å². The minimum atomic E-state index is -1.03. The van der Waals surface area contributed by atoms with E-state index in [0.717, 1.165) is 10.6 Å². The molecule has 7 heteroatoms. The molecule has 3 aromatic rings. The Kier molecular flexibility index (Phi) is 8.21. The van der Waals surface area contributed by atoms with Gasteiger partial charge in [0.05, 0.1) is 17.7 Å². The molecule has 1 aliphatic carbocycles. The summed E-state index contributed by atoms with van der Waals surface area (Å²) >= 11 is 1.65. The minimum absolute atomic E-state index is 0. The van der Waals surface area contributed by atoms with E-state index in [2.05, 4.69) is 10.7 Å². The molecule has 1 fully saturated rings. The second-order valence-electron chi connectivity index (χ2n) is 7.38. The van der Waals surface area contributed by atoms with Crippen molar-refractivity contribution in [3.8, 4) is 0 Å². The Morgan fingerprint density at radius 1 is 1.16 bits per heavy atom. The molecule has 0 radical (unpaired) electrons. The minimum Gasteiger partial charge on any atom is -1.00 e. The summed E-state index contributed by atoms with van der Waals surface area (Å²) in [6.45, 7) is 0. The van der Waals surface area contributed by atoms with Crippen LogP contribution in [0.2, 0.25) is 0 Å². The van der Waals surface area contributed by atoms with Gasteiger partial charge in [0.1, 0.15) is 5.01 Å². The molecule has 1 saturated carbocycles. The van der Waals surface area contributed by atoms with Crippen molar-refractivity contribution in [3.63, 3.8) is 0 Å². The summed E-state index contributed by atoms with van der Waals surface area (Å²) in [6, 6.07) is 14.1. The predicted octanol–water partition coefficient (Wildman–Crippen LogP) is 2.58. The van der Waals surface area contributed by atoms with E-state index in [1.54, 1.807) is 29.5 Å². The number of carbonyl (C=O) groups is 2. The summed E-state index contributed by atoms with van der Waals surface area (Å²) in [7, 11) is 0. The molecule has 1 amide bonds. The molecule has 1 heterocycles. The Hall–Kier alpha value is -2.25. The van der Waals surface area contributed by atoms with Crippen LogP contribution in [0.25, 0.3) is 12.2 Å². The van der Waals surface area contributed by atoms with Gasteiger partial charge in [0.15, 0.2) is 0 Å². The fraction of sp³-hybridized carbons (Fsp3) is 0.208. The van der Waals surface area contributed by atoms with Gasteiger partial charge >= 0.3 is 35.5 Å². The van der Waals surface area contributed by atoms with Crippen LogP contribution in [0.1, 0.15) is 58.8 Å². The number of nitrogens with zero attached hydrogens (tertiary/aromatic N) is 1. The average Bonchev–Trinajstić information content (AvgIpc) is 3.14. The number of carboxylic acid groups (broad SMARTS) is 1. The van der Waals surface area contributed by atoms with Crippen LogP contribution in [0.4, 0.5) is 5.69 Å². The SMILES string of the molecule is O=C(Cc1ccccc1C(=O)O)Nc1cccc(/C=C/c2nc(C3CCC3)cs2)c1.[H-].[Na+]. The molecule has 5 nitrogen and oxygen atoms in total. The van der Waals surface area contributed by atoms with E-state index in [0.29, 0.717) is 17.2 Å². The van der Waals surface area contributed by atoms with Crippen molar-refractivity contribution in [1.29, 1.82) is 0 Å². The number of aromatic carboxylic acids is 1. The molecule has 0 unspecified atom stereocenters. The van der Waals surface area contributed by atoms with Gasteiger partial charge in [0.2, 0.25) is 5.91 Å². The molecule has 0 aliphatic heterocycles. The summed E-state index contributed by atoms with van der Waals surface area (Å²) in [5, 5.41) is 15.2. The average molecular weight is 443 g/mol. The fourth-order valence-electron chi connectivity index (χ4n) is 3.42. The third-order valence-electron chi connectivity index (χ3n) is 5.25. The summed E-state index contributed by atoms with van der Waals surface area (Å²) < 4.78 is 0. The second kappa shape index (κ2) is 10.9. The zero-order valence-electron chi connectivity index (χ0n) is 18.4. The van der Waals surface area contributed by atoms with Gasteiger partial charge in [0.25, 0.3) is 0 Å². The quantitative estimate of drug-likeness (QED) is 0.552. The molecule has 0 atom stereocenters. The second-order valence-corrected chi connectivity index (χ2v) is 8.27. The molecular weight excluding hydrogens is 419 g/mol. The Morgan fingerprint density at radius 2 is 1.97 bits per heavy atom. The molecule has 154 valence electrons. The number of hydrogen-bond acceptors (Lipinski definition) is 4. The maximum Gasteiger partial charge on any atom is 1.00 e. The molecule has 0 bridgehead atoms. The third-order valence-corrected chi connectivity index (χ3v) is 6.08. The van der Waals surface area contributed by atoms with Gasteiger partial charge in [-0.1, -0.05) is 42.8 Å². The molecule has 1 aromatic heterocycles. The first kappa shape index (κ1) is 23.4. The maximum absolute atomic E-state index is 12.4. The van der Waals surface area contributed by atoms with Crippen molar-refractivity contribution in [2.75, 3.05) is 5.32 Å². The van der Waals surface area contributed by atoms with Gasteiger partial charge in [-0.3, -0.25) is 4.79 Å². The van der Waals surface area contributed by atoms with E-state index >= 15 is 0 Å². The van der Waals surface area contributed by atoms with Gasteiger partial charge in [0, 0.05) is 17.0 Å². The van der Waals surface area contributed by atoms with Crippen LogP contribution < -0.4 is 34.9 Å². The van der Waals surface area contributed by atoms with E-state index in [1.807, 2.05) is 36.4 Å². The van der Waals surface area contributed by atoms with Crippen molar-refractivity contribution in [2.24, 2.45) is 0 Å². The molecule has 0 spiro atoms. The van der Waals surface area contributed by atoms with Gasteiger partial charge in [-0.05, 0) is 48.2 Å². The Bertz CT molecular complexity index is 1110. The topological polar surface area (TPSA) is 79.3 Å². The monoisotopic (exact) mass is 442 g/mol. The van der Waals surface area contributed by atoms with Crippen LogP contribution in [-0.2, 0) is 11.2 Å². The largest absolute Gasteiger partial charge is 1.00 e. The molecule has 4 rings (SSSR count). The summed E-state index contributed by atoms with van der Waals surface area (Å²) in [5.41, 5.74) is 3.47. The summed E-state index contributed by atoms with van der Waals surface area (Å²) in [5.74, 6) is -0.656. The van der Waals surface area contributed by atoms with Crippen molar-refractivity contribution in [2.45, 2.75) is 31.6 Å². The van der Waals surface area contributed by atoms with Crippen LogP contribution in [0.5, 0.6) is 0 Å². The molecule has 1 aliphatic rings. The number of carboxylic acids is 1. The van der Waals surface area contributed by atoms with E-state index in [9.17, 15) is 14.7 Å². The Balaban J connectivity index is 0.00000181. The first-order chi connectivity index (χ1) is 14.6. The zero-order valence-corrected chi connectivity index (χ0v) is 20.2. The van der Waals surface area contributed by atoms with E-state index < -0.39 is 5.97 Å². The maximum atomic E-state index is 12.4. The number of thiazole rings is 1. The van der Waals surface area contributed by atoms with Crippen molar-refractivity contribution in [3.05, 3.63) is 81.3 Å². The van der Waals surface area contributed by atoms with Gasteiger partial charge in [-0.15, -0.1) is 11.3 Å². The standard InChI is InChI=1S/C24H22N2O3S.Na.H/c27-22(14-18-6-1-2-10-20(18)24(28)29)25-19-9-3-5-16(13-19)11-12-23-26-21(15-30-23)17-7-4-8-17;;/h1-3,5-6,9-13,15,17H,4,7-8,14H2,(H,25,27)(H,28,29);;/q;+1;-1/b12-11+;;. The Morgan fingerprint density at radius 3 is 2.71 bits per heavy atom. The molecule has 2 aromatic carbocycles. The Labute approximate surface area is 209 Å². The van der Waals surface area contributed by atoms with Crippen LogP contribution in [0.3, 0.4) is 0 Å². The predicted molar refractivity (Wildman–Crippen MR) is 121 cm³/mol. The number of amides is 1. The first-order valence-electron chi connectivity index (χ1n) is 9.93. The summed E-state index contributed by atoms with van der Waals surface area (Å²) in [4.78, 5) is 28.4. The first-order valence-corrected chi connectivity index (χ1v) is 10.8. The third kappa shape index (κ3) is 6.14. The van der Waals surface area contributed by atoms with Crippen LogP contribution in [0.15, 0.2) is 53.9 Å². The van der Waals surface area contributed by atoms with Crippen molar-refractivity contribution < 1.29 is 45.7 Å². The fourth-order valence-corrected chi connectivity index (χ4v) is 4.21. The number of benzene rings is 2. The summed E-state index contributed by atoms with van der Waals surface area (Å²) in [6.07, 6.45) is 7.77. The van der Waals surface area contributed by atoms with Crippen molar-refractivity contribution in [1.82, 2.24) is 4.98 Å². The molecule has 2 N–H and O–H groups in total. The normalized spacial score (nSPS) is 13.4. The number of nitrogens with one attached hydrogen (secondary N) is 1. The van der Waals surface area contributed by atoms with Gasteiger partial charge in [-0.2, -0.15) is 0 Å². The number of aromatic nitrogens is 1. The number of hydrogen-bond donors (Lipinski definition) is 2. The molecule has 31 heavy (non-hydrogen) atoms. The molecular formula is C24H23N2NaO3S. The molecule has 0 saturated heterocycles. The van der Waals surface area contributed by atoms with E-state index in [1.165, 1.54) is 31.0 Å². The van der Waals surface area contributed by atoms with E-state index in [4.69, 9.17) is 4.98 Å². The smallest absolute Gasteiger partial charge is 1.00 e. The van der Waals surface area contributed by atoms with E-state index in [-0.39, 0.29) is 48.9 Å². The zero-order chi connectivity index (χ0) is 20.9. The number of anilines is 1. The number of carbonyl (C=O) groups excluding carboxylic acids is 1. The van der Waals surface area contributed by atoms with Crippen molar-refractivity contribution >= 4 is 41.1 Å².